The average molecular weight is 417 g/mol. The van der Waals surface area contributed by atoms with Gasteiger partial charge in [-0.3, -0.25) is 0 Å². The zero-order chi connectivity index (χ0) is 18.9. The van der Waals surface area contributed by atoms with Gasteiger partial charge in [-0.05, 0) is 24.3 Å². The number of hydrogen-bond acceptors (Lipinski definition) is 1. The van der Waals surface area contributed by atoms with Gasteiger partial charge in [-0.15, -0.1) is 0 Å². The van der Waals surface area contributed by atoms with Crippen LogP contribution in [-0.2, 0) is 0 Å². The quantitative estimate of drug-likeness (QED) is 0.430. The van der Waals surface area contributed by atoms with Gasteiger partial charge in [0.15, 0.2) is 0 Å². The summed E-state index contributed by atoms with van der Waals surface area (Å²) in [4.78, 5) is 3.97. The molecule has 1 aromatic heterocycles. The Bertz CT molecular complexity index is 868. The fraction of sp³-hybridized carbons (Fsp3) is 0.0870. The lowest BCUT2D eigenvalue weighted by Crippen LogP contribution is -2.41. The van der Waals surface area contributed by atoms with E-state index in [1.165, 1.54) is 10.9 Å². The predicted molar refractivity (Wildman–Crippen MR) is 120 cm³/mol. The van der Waals surface area contributed by atoms with Crippen LogP contribution < -0.4 is 10.9 Å². The Labute approximate surface area is 170 Å². The van der Waals surface area contributed by atoms with Crippen LogP contribution >= 0.6 is 15.9 Å². The van der Waals surface area contributed by atoms with Gasteiger partial charge in [0.25, 0.3) is 0 Å². The molecule has 0 saturated heterocycles. The van der Waals surface area contributed by atoms with Crippen molar-refractivity contribution in [3.8, 4) is 5.69 Å². The van der Waals surface area contributed by atoms with Gasteiger partial charge in [0.05, 0.1) is 6.33 Å². The second-order valence-corrected chi connectivity index (χ2v) is 7.14. The van der Waals surface area contributed by atoms with Crippen molar-refractivity contribution in [1.82, 2.24) is 9.55 Å². The lowest BCUT2D eigenvalue weighted by molar-refractivity contribution is 1.06. The first-order chi connectivity index (χ1) is 13.3. The number of halogens is 1. The second-order valence-electron chi connectivity index (χ2n) is 6.23. The topological polar surface area (TPSA) is 17.8 Å². The van der Waals surface area contributed by atoms with Crippen molar-refractivity contribution in [3.05, 3.63) is 108 Å². The lowest BCUT2D eigenvalue weighted by Gasteiger charge is -2.11. The third-order valence-electron chi connectivity index (χ3n) is 4.44. The minimum absolute atomic E-state index is 0.535. The molecular weight excluding hydrogens is 395 g/mol. The van der Waals surface area contributed by atoms with Gasteiger partial charge in [0.2, 0.25) is 6.71 Å². The van der Waals surface area contributed by atoms with Crippen molar-refractivity contribution in [3.63, 3.8) is 0 Å². The number of aromatic nitrogens is 2. The molecule has 0 bridgehead atoms. The summed E-state index contributed by atoms with van der Waals surface area (Å²) < 4.78 is 3.05. The monoisotopic (exact) mass is 416 g/mol. The Balaban J connectivity index is 0.000000159. The zero-order valence-corrected chi connectivity index (χ0v) is 17.0. The van der Waals surface area contributed by atoms with Crippen LogP contribution in [0, 0.1) is 0 Å². The second kappa shape index (κ2) is 9.93. The van der Waals surface area contributed by atoms with Crippen molar-refractivity contribution in [1.29, 1.82) is 0 Å². The largest absolute Gasteiger partial charge is 0.306 e. The van der Waals surface area contributed by atoms with Crippen molar-refractivity contribution in [2.24, 2.45) is 0 Å². The molecule has 0 radical (unpaired) electrons. The zero-order valence-electron chi connectivity index (χ0n) is 15.4. The molecule has 27 heavy (non-hydrogen) atoms. The van der Waals surface area contributed by atoms with Gasteiger partial charge in [-0.1, -0.05) is 101 Å². The normalized spacial score (nSPS) is 10.0. The van der Waals surface area contributed by atoms with Crippen molar-refractivity contribution in [2.45, 2.75) is 13.2 Å². The molecule has 0 unspecified atom stereocenters. The van der Waals surface area contributed by atoms with E-state index in [1.807, 2.05) is 35.0 Å². The lowest BCUT2D eigenvalue weighted by atomic mass is 9.39. The van der Waals surface area contributed by atoms with Crippen LogP contribution in [0.3, 0.4) is 0 Å². The molecule has 1 heterocycles. The maximum Gasteiger partial charge on any atom is 0.209 e. The van der Waals surface area contributed by atoms with Gasteiger partial charge < -0.3 is 4.57 Å². The summed E-state index contributed by atoms with van der Waals surface area (Å²) in [5, 5.41) is 0. The molecule has 0 N–H and O–H groups in total. The molecule has 4 aromatic rings. The van der Waals surface area contributed by atoms with E-state index in [2.05, 4.69) is 88.5 Å². The highest BCUT2D eigenvalue weighted by Crippen LogP contribution is 2.13. The van der Waals surface area contributed by atoms with Gasteiger partial charge in [-0.2, -0.15) is 0 Å². The molecule has 0 aliphatic heterocycles. The SMILES string of the molecule is Brc1ccc(-n2ccnc2)cc1.CCB(c1ccccc1)c1ccccc1. The number of rotatable bonds is 4. The molecule has 3 aromatic carbocycles. The maximum atomic E-state index is 3.97. The van der Waals surface area contributed by atoms with E-state index in [-0.39, 0.29) is 0 Å². The minimum Gasteiger partial charge on any atom is -0.306 e. The first-order valence-corrected chi connectivity index (χ1v) is 9.91. The average Bonchev–Trinajstić information content (AvgIpc) is 3.26. The van der Waals surface area contributed by atoms with Crippen LogP contribution in [0.4, 0.5) is 0 Å². The third kappa shape index (κ3) is 5.44. The Morgan fingerprint density at radius 3 is 1.81 bits per heavy atom. The van der Waals surface area contributed by atoms with E-state index >= 15 is 0 Å². The van der Waals surface area contributed by atoms with E-state index in [0.717, 1.165) is 16.5 Å². The van der Waals surface area contributed by atoms with Crippen LogP contribution in [0.15, 0.2) is 108 Å². The molecular formula is C23H22BBrN2. The highest BCUT2D eigenvalue weighted by Gasteiger charge is 2.15. The Hall–Kier alpha value is -2.59. The Morgan fingerprint density at radius 2 is 1.37 bits per heavy atom. The molecule has 2 nitrogen and oxygen atoms in total. The van der Waals surface area contributed by atoms with Gasteiger partial charge in [0, 0.05) is 22.6 Å². The first kappa shape index (κ1) is 19.2. The molecule has 4 rings (SSSR count). The van der Waals surface area contributed by atoms with Crippen LogP contribution in [0.1, 0.15) is 6.92 Å². The summed E-state index contributed by atoms with van der Waals surface area (Å²) in [7, 11) is 0. The molecule has 0 spiro atoms. The summed E-state index contributed by atoms with van der Waals surface area (Å²) >= 11 is 3.38. The van der Waals surface area contributed by atoms with E-state index in [4.69, 9.17) is 0 Å². The molecule has 4 heteroatoms. The van der Waals surface area contributed by atoms with E-state index in [9.17, 15) is 0 Å². The molecule has 0 amide bonds. The van der Waals surface area contributed by atoms with E-state index in [1.54, 1.807) is 12.5 Å². The van der Waals surface area contributed by atoms with E-state index < -0.39 is 0 Å². The molecule has 0 atom stereocenters. The number of nitrogens with zero attached hydrogens (tertiary/aromatic N) is 2. The fourth-order valence-electron chi connectivity index (χ4n) is 3.06. The van der Waals surface area contributed by atoms with Crippen LogP contribution in [0.2, 0.25) is 6.32 Å². The molecule has 134 valence electrons. The minimum atomic E-state index is 0.535. The highest BCUT2D eigenvalue weighted by atomic mass is 79.9. The van der Waals surface area contributed by atoms with Crippen molar-refractivity contribution in [2.75, 3.05) is 0 Å². The first-order valence-electron chi connectivity index (χ1n) is 9.11. The molecule has 0 fully saturated rings. The van der Waals surface area contributed by atoms with Crippen molar-refractivity contribution < 1.29 is 0 Å². The number of imidazole rings is 1. The Kier molecular flexibility index (Phi) is 7.06. The summed E-state index contributed by atoms with van der Waals surface area (Å²) in [5.41, 5.74) is 3.94. The molecule has 0 aliphatic carbocycles. The van der Waals surface area contributed by atoms with Gasteiger partial charge in [0.1, 0.15) is 0 Å². The maximum absolute atomic E-state index is 3.97. The van der Waals surface area contributed by atoms with Crippen LogP contribution in [-0.4, -0.2) is 16.3 Å². The van der Waals surface area contributed by atoms with E-state index in [0.29, 0.717) is 6.71 Å². The number of hydrogen-bond donors (Lipinski definition) is 0. The standard InChI is InChI=1S/C14H15B.C9H7BrN2/c1-2-15(13-9-5-3-6-10-13)14-11-7-4-8-12-14;10-8-1-3-9(4-2-8)12-6-5-11-7-12/h3-12H,2H2,1H3;1-7H. The van der Waals surface area contributed by atoms with Crippen molar-refractivity contribution >= 4 is 33.6 Å². The third-order valence-corrected chi connectivity index (χ3v) is 4.97. The molecule has 0 aliphatic rings. The van der Waals surface area contributed by atoms with Crippen LogP contribution in [0.5, 0.6) is 0 Å². The summed E-state index contributed by atoms with van der Waals surface area (Å²) in [6, 6.07) is 29.5. The summed E-state index contributed by atoms with van der Waals surface area (Å²) in [5.74, 6) is 0. The highest BCUT2D eigenvalue weighted by molar-refractivity contribution is 9.10. The smallest absolute Gasteiger partial charge is 0.209 e. The Morgan fingerprint density at radius 1 is 0.815 bits per heavy atom. The predicted octanol–water partition coefficient (Wildman–Crippen LogP) is 4.95. The summed E-state index contributed by atoms with van der Waals surface area (Å²) in [6.45, 7) is 2.78. The molecule has 0 saturated carbocycles. The number of benzene rings is 3. The van der Waals surface area contributed by atoms with Crippen LogP contribution in [0.25, 0.3) is 5.69 Å². The summed E-state index contributed by atoms with van der Waals surface area (Å²) in [6.07, 6.45) is 6.61. The fourth-order valence-corrected chi connectivity index (χ4v) is 3.32. The van der Waals surface area contributed by atoms with Gasteiger partial charge >= 0.3 is 0 Å². The van der Waals surface area contributed by atoms with Gasteiger partial charge in [-0.25, -0.2) is 4.98 Å².